The van der Waals surface area contributed by atoms with Crippen LogP contribution in [-0.2, 0) is 5.88 Å². The maximum atomic E-state index is 5.62. The van der Waals surface area contributed by atoms with Crippen LogP contribution in [0.2, 0.25) is 0 Å². The molecule has 0 unspecified atom stereocenters. The molecule has 1 rings (SSSR count). The van der Waals surface area contributed by atoms with Crippen molar-refractivity contribution < 1.29 is 0 Å². The Morgan fingerprint density at radius 3 is 2.70 bits per heavy atom. The van der Waals surface area contributed by atoms with E-state index in [4.69, 9.17) is 17.3 Å². The number of benzene rings is 1. The summed E-state index contributed by atoms with van der Waals surface area (Å²) in [6.07, 6.45) is 0. The zero-order valence-electron chi connectivity index (χ0n) is 5.27. The molecule has 0 spiro atoms. The van der Waals surface area contributed by atoms with Crippen molar-refractivity contribution in [2.24, 2.45) is 0 Å². The molecule has 0 saturated heterocycles. The average Bonchev–Trinajstić information content (AvgIpc) is 1.94. The number of halogens is 2. The molecule has 0 saturated carbocycles. The predicted molar refractivity (Wildman–Crippen MR) is 48.1 cm³/mol. The van der Waals surface area contributed by atoms with Crippen molar-refractivity contribution >= 4 is 33.2 Å². The largest absolute Gasteiger partial charge is 0.399 e. The quantitative estimate of drug-likeness (QED) is 0.572. The first-order chi connectivity index (χ1) is 4.74. The van der Waals surface area contributed by atoms with Crippen molar-refractivity contribution in [2.45, 2.75) is 5.88 Å². The number of nitrogens with two attached hydrogens (primary N) is 1. The molecule has 1 aromatic carbocycles. The van der Waals surface area contributed by atoms with E-state index in [9.17, 15) is 0 Å². The number of hydrogen-bond acceptors (Lipinski definition) is 1. The second kappa shape index (κ2) is 3.26. The van der Waals surface area contributed by atoms with Gasteiger partial charge in [-0.25, -0.2) is 0 Å². The summed E-state index contributed by atoms with van der Waals surface area (Å²) in [7, 11) is 0. The summed E-state index contributed by atoms with van der Waals surface area (Å²) in [6.45, 7) is 0. The fourth-order valence-electron chi connectivity index (χ4n) is 0.697. The fourth-order valence-corrected chi connectivity index (χ4v) is 1.47. The molecule has 0 heterocycles. The Balaban J connectivity index is 3.09. The second-order valence-electron chi connectivity index (χ2n) is 1.98. The van der Waals surface area contributed by atoms with Crippen LogP contribution in [0, 0.1) is 0 Å². The minimum atomic E-state index is 0.492. The first-order valence-electron chi connectivity index (χ1n) is 2.84. The predicted octanol–water partition coefficient (Wildman–Crippen LogP) is 2.77. The summed E-state index contributed by atoms with van der Waals surface area (Å²) in [6, 6.07) is 5.59. The van der Waals surface area contributed by atoms with E-state index >= 15 is 0 Å². The van der Waals surface area contributed by atoms with Gasteiger partial charge >= 0.3 is 0 Å². The molecule has 0 aliphatic carbocycles. The van der Waals surface area contributed by atoms with E-state index in [1.54, 1.807) is 0 Å². The van der Waals surface area contributed by atoms with Gasteiger partial charge in [0.1, 0.15) is 0 Å². The summed E-state index contributed by atoms with van der Waals surface area (Å²) in [4.78, 5) is 0. The summed E-state index contributed by atoms with van der Waals surface area (Å²) < 4.78 is 1.01. The monoisotopic (exact) mass is 219 g/mol. The standard InChI is InChI=1S/C7H7BrClN/c8-7-2-1-6(10)3-5(7)4-9/h1-3H,4,10H2. The number of alkyl halides is 1. The minimum absolute atomic E-state index is 0.492. The van der Waals surface area contributed by atoms with Crippen LogP contribution in [0.1, 0.15) is 5.56 Å². The maximum Gasteiger partial charge on any atom is 0.0486 e. The molecule has 3 heteroatoms. The Morgan fingerprint density at radius 2 is 2.20 bits per heavy atom. The molecule has 0 bridgehead atoms. The molecular formula is C7H7BrClN. The number of hydrogen-bond donors (Lipinski definition) is 1. The van der Waals surface area contributed by atoms with Crippen molar-refractivity contribution in [2.75, 3.05) is 5.73 Å². The molecule has 0 fully saturated rings. The SMILES string of the molecule is Nc1ccc(Br)c(CCl)c1. The topological polar surface area (TPSA) is 26.0 Å². The van der Waals surface area contributed by atoms with Crippen molar-refractivity contribution in [1.29, 1.82) is 0 Å². The summed E-state index contributed by atoms with van der Waals surface area (Å²) in [5.41, 5.74) is 7.30. The van der Waals surface area contributed by atoms with Crippen LogP contribution in [0.5, 0.6) is 0 Å². The lowest BCUT2D eigenvalue weighted by Crippen LogP contribution is -1.87. The molecule has 1 aromatic rings. The van der Waals surface area contributed by atoms with Crippen molar-refractivity contribution in [3.63, 3.8) is 0 Å². The van der Waals surface area contributed by atoms with E-state index in [1.165, 1.54) is 0 Å². The van der Waals surface area contributed by atoms with Crippen molar-refractivity contribution in [1.82, 2.24) is 0 Å². The molecule has 2 N–H and O–H groups in total. The summed E-state index contributed by atoms with van der Waals surface area (Å²) in [5.74, 6) is 0.492. The van der Waals surface area contributed by atoms with Crippen LogP contribution >= 0.6 is 27.5 Å². The van der Waals surface area contributed by atoms with Crippen LogP contribution in [0.15, 0.2) is 22.7 Å². The minimum Gasteiger partial charge on any atom is -0.399 e. The van der Waals surface area contributed by atoms with E-state index in [1.807, 2.05) is 18.2 Å². The maximum absolute atomic E-state index is 5.62. The molecule has 1 nitrogen and oxygen atoms in total. The number of anilines is 1. The summed E-state index contributed by atoms with van der Waals surface area (Å²) in [5, 5.41) is 0. The molecule has 0 amide bonds. The van der Waals surface area contributed by atoms with E-state index in [-0.39, 0.29) is 0 Å². The Labute approximate surface area is 73.3 Å². The fraction of sp³-hybridized carbons (Fsp3) is 0.143. The smallest absolute Gasteiger partial charge is 0.0486 e. The van der Waals surface area contributed by atoms with E-state index < -0.39 is 0 Å². The molecule has 0 aliphatic heterocycles. The Hall–Kier alpha value is -0.210. The van der Waals surface area contributed by atoms with Gasteiger partial charge in [-0.1, -0.05) is 15.9 Å². The highest BCUT2D eigenvalue weighted by Crippen LogP contribution is 2.20. The molecule has 0 radical (unpaired) electrons. The van der Waals surface area contributed by atoms with Gasteiger partial charge in [0.15, 0.2) is 0 Å². The average molecular weight is 220 g/mol. The number of nitrogen functional groups attached to an aromatic ring is 1. The highest BCUT2D eigenvalue weighted by Gasteiger charge is 1.96. The van der Waals surface area contributed by atoms with Gasteiger partial charge in [0, 0.05) is 16.0 Å². The normalized spacial score (nSPS) is 9.80. The lowest BCUT2D eigenvalue weighted by molar-refractivity contribution is 1.37. The molecule has 10 heavy (non-hydrogen) atoms. The van der Waals surface area contributed by atoms with Crippen LogP contribution < -0.4 is 5.73 Å². The molecule has 54 valence electrons. The van der Waals surface area contributed by atoms with Gasteiger partial charge in [0.2, 0.25) is 0 Å². The summed E-state index contributed by atoms with van der Waals surface area (Å²) >= 11 is 8.97. The van der Waals surface area contributed by atoms with Gasteiger partial charge in [0.25, 0.3) is 0 Å². The van der Waals surface area contributed by atoms with Crippen LogP contribution in [0.4, 0.5) is 5.69 Å². The Morgan fingerprint density at radius 1 is 1.50 bits per heavy atom. The Bertz CT molecular complexity index is 237. The second-order valence-corrected chi connectivity index (χ2v) is 3.11. The molecular weight excluding hydrogens is 213 g/mol. The van der Waals surface area contributed by atoms with Gasteiger partial charge in [0.05, 0.1) is 0 Å². The van der Waals surface area contributed by atoms with Gasteiger partial charge < -0.3 is 5.73 Å². The molecule has 0 aromatic heterocycles. The molecule has 0 atom stereocenters. The Kier molecular flexibility index (Phi) is 2.57. The van der Waals surface area contributed by atoms with Gasteiger partial charge in [-0.05, 0) is 23.8 Å². The highest BCUT2D eigenvalue weighted by atomic mass is 79.9. The third-order valence-electron chi connectivity index (χ3n) is 1.21. The van der Waals surface area contributed by atoms with Gasteiger partial charge in [-0.2, -0.15) is 0 Å². The third kappa shape index (κ3) is 1.64. The van der Waals surface area contributed by atoms with Gasteiger partial charge in [-0.3, -0.25) is 0 Å². The van der Waals surface area contributed by atoms with Crippen LogP contribution in [0.25, 0.3) is 0 Å². The van der Waals surface area contributed by atoms with E-state index in [0.29, 0.717) is 5.88 Å². The molecule has 0 aliphatic rings. The van der Waals surface area contributed by atoms with Crippen LogP contribution in [-0.4, -0.2) is 0 Å². The first kappa shape index (κ1) is 7.89. The van der Waals surface area contributed by atoms with E-state index in [2.05, 4.69) is 15.9 Å². The lowest BCUT2D eigenvalue weighted by atomic mass is 10.2. The zero-order chi connectivity index (χ0) is 7.56. The zero-order valence-corrected chi connectivity index (χ0v) is 7.61. The van der Waals surface area contributed by atoms with E-state index in [0.717, 1.165) is 15.7 Å². The van der Waals surface area contributed by atoms with Crippen molar-refractivity contribution in [3.8, 4) is 0 Å². The van der Waals surface area contributed by atoms with Gasteiger partial charge in [-0.15, -0.1) is 11.6 Å². The number of rotatable bonds is 1. The highest BCUT2D eigenvalue weighted by molar-refractivity contribution is 9.10. The van der Waals surface area contributed by atoms with Crippen molar-refractivity contribution in [3.05, 3.63) is 28.2 Å². The van der Waals surface area contributed by atoms with Crippen LogP contribution in [0.3, 0.4) is 0 Å². The lowest BCUT2D eigenvalue weighted by Gasteiger charge is -1.99. The first-order valence-corrected chi connectivity index (χ1v) is 4.16. The third-order valence-corrected chi connectivity index (χ3v) is 2.28.